The number of carbonyl (C=O) groups excluding carboxylic acids is 1. The molecule has 0 unspecified atom stereocenters. The van der Waals surface area contributed by atoms with E-state index in [0.29, 0.717) is 17.9 Å². The summed E-state index contributed by atoms with van der Waals surface area (Å²) >= 11 is 0. The number of para-hydroxylation sites is 1. The standard InChI is InChI=1S/C17H15NO3/c1-13(19)21-17(11-18)15-9-5-6-10-16(15)20-12-14-7-3-2-4-8-14/h2-10,17H,12H2,1H3/t17-/m1/s1. The van der Waals surface area contributed by atoms with Gasteiger partial charge in [0.1, 0.15) is 18.4 Å². The van der Waals surface area contributed by atoms with Crippen molar-refractivity contribution in [3.05, 3.63) is 65.7 Å². The van der Waals surface area contributed by atoms with Gasteiger partial charge in [-0.3, -0.25) is 4.79 Å². The number of nitrogens with zero attached hydrogens (tertiary/aromatic N) is 1. The van der Waals surface area contributed by atoms with E-state index in [-0.39, 0.29) is 0 Å². The second-order valence-electron chi connectivity index (χ2n) is 4.43. The fourth-order valence-electron chi connectivity index (χ4n) is 1.89. The third-order valence-corrected chi connectivity index (χ3v) is 2.84. The fourth-order valence-corrected chi connectivity index (χ4v) is 1.89. The van der Waals surface area contributed by atoms with E-state index in [0.717, 1.165) is 5.56 Å². The van der Waals surface area contributed by atoms with Crippen LogP contribution in [0.2, 0.25) is 0 Å². The molecule has 0 aliphatic heterocycles. The maximum atomic E-state index is 11.1. The summed E-state index contributed by atoms with van der Waals surface area (Å²) in [6, 6.07) is 18.7. The van der Waals surface area contributed by atoms with Crippen LogP contribution in [-0.2, 0) is 16.1 Å². The Labute approximate surface area is 123 Å². The Balaban J connectivity index is 2.16. The number of benzene rings is 2. The Hall–Kier alpha value is -2.80. The maximum Gasteiger partial charge on any atom is 0.304 e. The normalized spacial score (nSPS) is 11.2. The minimum absolute atomic E-state index is 0.385. The molecule has 0 aliphatic rings. The zero-order valence-corrected chi connectivity index (χ0v) is 11.7. The molecule has 0 N–H and O–H groups in total. The van der Waals surface area contributed by atoms with Crippen LogP contribution in [0.3, 0.4) is 0 Å². The molecule has 0 saturated carbocycles. The van der Waals surface area contributed by atoms with Crippen LogP contribution in [0.4, 0.5) is 0 Å². The first-order valence-corrected chi connectivity index (χ1v) is 6.53. The van der Waals surface area contributed by atoms with Crippen LogP contribution in [0.25, 0.3) is 0 Å². The first-order valence-electron chi connectivity index (χ1n) is 6.53. The van der Waals surface area contributed by atoms with Crippen LogP contribution in [0.1, 0.15) is 24.2 Å². The van der Waals surface area contributed by atoms with Crippen LogP contribution in [0.15, 0.2) is 54.6 Å². The summed E-state index contributed by atoms with van der Waals surface area (Å²) in [5.74, 6) is 0.0357. The molecule has 0 aliphatic carbocycles. The van der Waals surface area contributed by atoms with Gasteiger partial charge in [0.2, 0.25) is 6.10 Å². The number of hydrogen-bond acceptors (Lipinski definition) is 4. The van der Waals surface area contributed by atoms with Gasteiger partial charge in [0.05, 0.1) is 0 Å². The summed E-state index contributed by atoms with van der Waals surface area (Å²) in [4.78, 5) is 11.1. The second-order valence-corrected chi connectivity index (χ2v) is 4.43. The lowest BCUT2D eigenvalue weighted by Gasteiger charge is -2.15. The molecule has 0 amide bonds. The number of carbonyl (C=O) groups is 1. The summed E-state index contributed by atoms with van der Waals surface area (Å²) in [6.07, 6.45) is -0.963. The van der Waals surface area contributed by atoms with Gasteiger partial charge in [0, 0.05) is 12.5 Å². The molecule has 0 spiro atoms. The third kappa shape index (κ3) is 4.08. The molecule has 106 valence electrons. The molecule has 4 heteroatoms. The molecule has 0 fully saturated rings. The molecule has 0 bridgehead atoms. The quantitative estimate of drug-likeness (QED) is 0.788. The van der Waals surface area contributed by atoms with E-state index < -0.39 is 12.1 Å². The van der Waals surface area contributed by atoms with Crippen molar-refractivity contribution in [2.45, 2.75) is 19.6 Å². The molecule has 2 rings (SSSR count). The van der Waals surface area contributed by atoms with E-state index >= 15 is 0 Å². The highest BCUT2D eigenvalue weighted by Gasteiger charge is 2.18. The fraction of sp³-hybridized carbons (Fsp3) is 0.176. The van der Waals surface area contributed by atoms with E-state index in [2.05, 4.69) is 0 Å². The lowest BCUT2D eigenvalue weighted by atomic mass is 10.1. The van der Waals surface area contributed by atoms with Crippen molar-refractivity contribution in [2.24, 2.45) is 0 Å². The minimum atomic E-state index is -0.963. The Morgan fingerprint density at radius 2 is 1.81 bits per heavy atom. The molecule has 0 aromatic heterocycles. The molecule has 1 atom stereocenters. The Morgan fingerprint density at radius 1 is 1.14 bits per heavy atom. The molecule has 2 aromatic carbocycles. The van der Waals surface area contributed by atoms with Gasteiger partial charge >= 0.3 is 5.97 Å². The first-order chi connectivity index (χ1) is 10.2. The van der Waals surface area contributed by atoms with Crippen molar-refractivity contribution in [1.29, 1.82) is 5.26 Å². The van der Waals surface area contributed by atoms with E-state index in [1.165, 1.54) is 6.92 Å². The number of esters is 1. The highest BCUT2D eigenvalue weighted by atomic mass is 16.5. The van der Waals surface area contributed by atoms with Crippen molar-refractivity contribution in [1.82, 2.24) is 0 Å². The van der Waals surface area contributed by atoms with Crippen LogP contribution in [0, 0.1) is 11.3 Å². The summed E-state index contributed by atoms with van der Waals surface area (Å²) < 4.78 is 10.7. The van der Waals surface area contributed by atoms with Gasteiger partial charge in [-0.15, -0.1) is 0 Å². The molecule has 21 heavy (non-hydrogen) atoms. The minimum Gasteiger partial charge on any atom is -0.488 e. The van der Waals surface area contributed by atoms with Gasteiger partial charge in [-0.05, 0) is 11.6 Å². The second kappa shape index (κ2) is 7.11. The molecule has 0 radical (unpaired) electrons. The predicted molar refractivity (Wildman–Crippen MR) is 77.3 cm³/mol. The van der Waals surface area contributed by atoms with Gasteiger partial charge in [-0.1, -0.05) is 48.5 Å². The van der Waals surface area contributed by atoms with Gasteiger partial charge in [0.15, 0.2) is 0 Å². The number of rotatable bonds is 5. The van der Waals surface area contributed by atoms with Crippen molar-refractivity contribution in [2.75, 3.05) is 0 Å². The molecule has 0 saturated heterocycles. The van der Waals surface area contributed by atoms with Crippen LogP contribution >= 0.6 is 0 Å². The van der Waals surface area contributed by atoms with E-state index in [4.69, 9.17) is 14.7 Å². The number of ether oxygens (including phenoxy) is 2. The SMILES string of the molecule is CC(=O)O[C@H](C#N)c1ccccc1OCc1ccccc1. The monoisotopic (exact) mass is 281 g/mol. The summed E-state index contributed by atoms with van der Waals surface area (Å²) in [7, 11) is 0. The maximum absolute atomic E-state index is 11.1. The lowest BCUT2D eigenvalue weighted by molar-refractivity contribution is -0.144. The molecule has 2 aromatic rings. The van der Waals surface area contributed by atoms with Crippen molar-refractivity contribution >= 4 is 5.97 Å². The van der Waals surface area contributed by atoms with E-state index in [1.807, 2.05) is 42.5 Å². The molecular weight excluding hydrogens is 266 g/mol. The predicted octanol–water partition coefficient (Wildman–Crippen LogP) is 3.39. The average Bonchev–Trinajstić information content (AvgIpc) is 2.52. The number of nitriles is 1. The Kier molecular flexibility index (Phi) is 4.94. The Morgan fingerprint density at radius 3 is 2.48 bits per heavy atom. The lowest BCUT2D eigenvalue weighted by Crippen LogP contribution is -2.08. The van der Waals surface area contributed by atoms with Gasteiger partial charge < -0.3 is 9.47 Å². The van der Waals surface area contributed by atoms with Crippen molar-refractivity contribution < 1.29 is 14.3 Å². The summed E-state index contributed by atoms with van der Waals surface area (Å²) in [5.41, 5.74) is 1.57. The Bertz CT molecular complexity index is 647. The van der Waals surface area contributed by atoms with Gasteiger partial charge in [-0.2, -0.15) is 5.26 Å². The van der Waals surface area contributed by atoms with Crippen molar-refractivity contribution in [3.8, 4) is 11.8 Å². The average molecular weight is 281 g/mol. The zero-order chi connectivity index (χ0) is 15.1. The third-order valence-electron chi connectivity index (χ3n) is 2.84. The smallest absolute Gasteiger partial charge is 0.304 e. The summed E-state index contributed by atoms with van der Waals surface area (Å²) in [6.45, 7) is 1.66. The molecule has 4 nitrogen and oxygen atoms in total. The van der Waals surface area contributed by atoms with Crippen LogP contribution in [-0.4, -0.2) is 5.97 Å². The largest absolute Gasteiger partial charge is 0.488 e. The van der Waals surface area contributed by atoms with Crippen LogP contribution < -0.4 is 4.74 Å². The summed E-state index contributed by atoms with van der Waals surface area (Å²) in [5, 5.41) is 9.16. The topological polar surface area (TPSA) is 59.3 Å². The number of hydrogen-bond donors (Lipinski definition) is 0. The zero-order valence-electron chi connectivity index (χ0n) is 11.7. The first kappa shape index (κ1) is 14.6. The highest BCUT2D eigenvalue weighted by Crippen LogP contribution is 2.28. The molecule has 0 heterocycles. The van der Waals surface area contributed by atoms with Gasteiger partial charge in [-0.25, -0.2) is 0 Å². The highest BCUT2D eigenvalue weighted by molar-refractivity contribution is 5.66. The van der Waals surface area contributed by atoms with Crippen LogP contribution in [0.5, 0.6) is 5.75 Å². The van der Waals surface area contributed by atoms with E-state index in [9.17, 15) is 4.79 Å². The van der Waals surface area contributed by atoms with Gasteiger partial charge in [0.25, 0.3) is 0 Å². The van der Waals surface area contributed by atoms with Crippen molar-refractivity contribution in [3.63, 3.8) is 0 Å². The molecular formula is C17H15NO3. The van der Waals surface area contributed by atoms with E-state index in [1.54, 1.807) is 18.2 Å².